The van der Waals surface area contributed by atoms with E-state index in [4.69, 9.17) is 11.6 Å². The van der Waals surface area contributed by atoms with Crippen LogP contribution in [-0.4, -0.2) is 5.11 Å². The number of halogens is 4. The second kappa shape index (κ2) is 5.46. The molecule has 0 aromatic heterocycles. The Morgan fingerprint density at radius 3 is 2.40 bits per heavy atom. The fourth-order valence-corrected chi connectivity index (χ4v) is 2.26. The summed E-state index contributed by atoms with van der Waals surface area (Å²) in [7, 11) is 0. The van der Waals surface area contributed by atoms with Crippen molar-refractivity contribution in [3.05, 3.63) is 70.0 Å². The van der Waals surface area contributed by atoms with Crippen LogP contribution in [0.15, 0.2) is 36.4 Å². The summed E-state index contributed by atoms with van der Waals surface area (Å²) in [5.41, 5.74) is -1.85. The molecule has 2 aromatic carbocycles. The zero-order chi connectivity index (χ0) is 14.9. The van der Waals surface area contributed by atoms with E-state index in [1.54, 1.807) is 0 Å². The molecule has 1 atom stereocenters. The molecule has 0 amide bonds. The molecule has 1 nitrogen and oxygen atoms in total. The molecule has 0 radical (unpaired) electrons. The average molecular weight is 301 g/mol. The summed E-state index contributed by atoms with van der Waals surface area (Å²) in [6.45, 7) is 1.30. The van der Waals surface area contributed by atoms with Crippen molar-refractivity contribution in [2.75, 3.05) is 0 Å². The summed E-state index contributed by atoms with van der Waals surface area (Å²) in [4.78, 5) is 0. The van der Waals surface area contributed by atoms with E-state index in [9.17, 15) is 18.3 Å². The van der Waals surface area contributed by atoms with E-state index in [2.05, 4.69) is 0 Å². The van der Waals surface area contributed by atoms with Gasteiger partial charge in [0.15, 0.2) is 11.6 Å². The van der Waals surface area contributed by atoms with Crippen LogP contribution in [-0.2, 0) is 12.0 Å². The lowest BCUT2D eigenvalue weighted by atomic mass is 9.88. The van der Waals surface area contributed by atoms with Crippen LogP contribution in [0.4, 0.5) is 13.2 Å². The molecule has 20 heavy (non-hydrogen) atoms. The van der Waals surface area contributed by atoms with Gasteiger partial charge in [-0.05, 0) is 24.6 Å². The summed E-state index contributed by atoms with van der Waals surface area (Å²) in [6, 6.07) is 7.84. The summed E-state index contributed by atoms with van der Waals surface area (Å²) < 4.78 is 40.8. The van der Waals surface area contributed by atoms with E-state index >= 15 is 0 Å². The molecule has 0 saturated heterocycles. The highest BCUT2D eigenvalue weighted by atomic mass is 35.5. The Kier molecular flexibility index (Phi) is 4.06. The third-order valence-corrected chi connectivity index (χ3v) is 3.39. The molecule has 0 fully saturated rings. The number of rotatable bonds is 3. The first-order chi connectivity index (χ1) is 9.33. The molecular weight excluding hydrogens is 289 g/mol. The average Bonchev–Trinajstić information content (AvgIpc) is 2.38. The van der Waals surface area contributed by atoms with Crippen LogP contribution in [0.2, 0.25) is 5.02 Å². The second-order valence-corrected chi connectivity index (χ2v) is 5.17. The monoisotopic (exact) mass is 300 g/mol. The standard InChI is InChI=1S/C15H12ClF3O/c1-15(20,10-5-3-7-12(17)14(10)19)8-9-4-2-6-11(16)13(9)18/h2-7,20H,8H2,1H3. The minimum atomic E-state index is -1.75. The van der Waals surface area contributed by atoms with Crippen molar-refractivity contribution in [3.8, 4) is 0 Å². The van der Waals surface area contributed by atoms with Gasteiger partial charge in [0.25, 0.3) is 0 Å². The minimum absolute atomic E-state index is 0.0852. The SMILES string of the molecule is CC(O)(Cc1cccc(Cl)c1F)c1cccc(F)c1F. The largest absolute Gasteiger partial charge is 0.385 e. The van der Waals surface area contributed by atoms with Gasteiger partial charge < -0.3 is 5.11 Å². The van der Waals surface area contributed by atoms with Gasteiger partial charge in [-0.15, -0.1) is 0 Å². The fraction of sp³-hybridized carbons (Fsp3) is 0.200. The van der Waals surface area contributed by atoms with Crippen LogP contribution in [0.25, 0.3) is 0 Å². The van der Waals surface area contributed by atoms with Crippen molar-refractivity contribution in [2.24, 2.45) is 0 Å². The van der Waals surface area contributed by atoms with Gasteiger partial charge in [0.1, 0.15) is 5.82 Å². The van der Waals surface area contributed by atoms with E-state index in [1.165, 1.54) is 37.3 Å². The molecule has 0 saturated carbocycles. The maximum atomic E-state index is 13.8. The molecule has 106 valence electrons. The zero-order valence-electron chi connectivity index (χ0n) is 10.6. The van der Waals surface area contributed by atoms with E-state index in [0.29, 0.717) is 0 Å². The molecule has 0 aliphatic carbocycles. The molecule has 2 rings (SSSR count). The van der Waals surface area contributed by atoms with Gasteiger partial charge in [-0.2, -0.15) is 0 Å². The lowest BCUT2D eigenvalue weighted by molar-refractivity contribution is 0.0521. The Morgan fingerprint density at radius 2 is 1.70 bits per heavy atom. The first-order valence-electron chi connectivity index (χ1n) is 5.92. The normalized spacial score (nSPS) is 14.1. The summed E-state index contributed by atoms with van der Waals surface area (Å²) >= 11 is 5.65. The smallest absolute Gasteiger partial charge is 0.164 e. The number of benzene rings is 2. The van der Waals surface area contributed by atoms with Gasteiger partial charge in [-0.25, -0.2) is 13.2 Å². The Balaban J connectivity index is 2.40. The van der Waals surface area contributed by atoms with Gasteiger partial charge in [-0.1, -0.05) is 35.9 Å². The lowest BCUT2D eigenvalue weighted by Crippen LogP contribution is -2.26. The van der Waals surface area contributed by atoms with Crippen LogP contribution in [0, 0.1) is 17.5 Å². The molecule has 0 spiro atoms. The highest BCUT2D eigenvalue weighted by Crippen LogP contribution is 2.30. The molecule has 2 aromatic rings. The Morgan fingerprint density at radius 1 is 1.05 bits per heavy atom. The third kappa shape index (κ3) is 2.81. The Bertz CT molecular complexity index is 641. The molecule has 0 bridgehead atoms. The van der Waals surface area contributed by atoms with Crippen LogP contribution >= 0.6 is 11.6 Å². The fourth-order valence-electron chi connectivity index (χ4n) is 2.07. The third-order valence-electron chi connectivity index (χ3n) is 3.10. The quantitative estimate of drug-likeness (QED) is 0.900. The number of hydrogen-bond donors (Lipinski definition) is 1. The van der Waals surface area contributed by atoms with Gasteiger partial charge in [0, 0.05) is 12.0 Å². The summed E-state index contributed by atoms with van der Waals surface area (Å²) in [6.07, 6.45) is -0.222. The van der Waals surface area contributed by atoms with Crippen molar-refractivity contribution in [1.82, 2.24) is 0 Å². The van der Waals surface area contributed by atoms with Crippen LogP contribution in [0.3, 0.4) is 0 Å². The topological polar surface area (TPSA) is 20.2 Å². The second-order valence-electron chi connectivity index (χ2n) is 4.76. The van der Waals surface area contributed by atoms with Crippen molar-refractivity contribution in [3.63, 3.8) is 0 Å². The molecule has 5 heteroatoms. The van der Waals surface area contributed by atoms with Gasteiger partial charge in [0.05, 0.1) is 10.6 Å². The van der Waals surface area contributed by atoms with Crippen LogP contribution in [0.5, 0.6) is 0 Å². The summed E-state index contributed by atoms with van der Waals surface area (Å²) in [5, 5.41) is 10.3. The van der Waals surface area contributed by atoms with Crippen molar-refractivity contribution < 1.29 is 18.3 Å². The van der Waals surface area contributed by atoms with Crippen molar-refractivity contribution >= 4 is 11.6 Å². The highest BCUT2D eigenvalue weighted by Gasteiger charge is 2.29. The molecule has 1 unspecified atom stereocenters. The molecule has 0 heterocycles. The molecule has 1 N–H and O–H groups in total. The van der Waals surface area contributed by atoms with Crippen LogP contribution in [0.1, 0.15) is 18.1 Å². The first kappa shape index (κ1) is 14.9. The zero-order valence-corrected chi connectivity index (χ0v) is 11.4. The maximum Gasteiger partial charge on any atom is 0.164 e. The van der Waals surface area contributed by atoms with Gasteiger partial charge >= 0.3 is 0 Å². The lowest BCUT2D eigenvalue weighted by Gasteiger charge is -2.25. The van der Waals surface area contributed by atoms with E-state index in [-0.39, 0.29) is 22.6 Å². The first-order valence-corrected chi connectivity index (χ1v) is 6.30. The Labute approximate surface area is 119 Å². The van der Waals surface area contributed by atoms with E-state index < -0.39 is 23.1 Å². The molecular formula is C15H12ClF3O. The summed E-state index contributed by atoms with van der Waals surface area (Å²) in [5.74, 6) is -2.87. The van der Waals surface area contributed by atoms with E-state index in [0.717, 1.165) is 6.07 Å². The van der Waals surface area contributed by atoms with Gasteiger partial charge in [0.2, 0.25) is 0 Å². The highest BCUT2D eigenvalue weighted by molar-refractivity contribution is 6.30. The molecule has 0 aliphatic heterocycles. The maximum absolute atomic E-state index is 13.8. The number of hydrogen-bond acceptors (Lipinski definition) is 1. The predicted octanol–water partition coefficient (Wildman–Crippen LogP) is 4.21. The minimum Gasteiger partial charge on any atom is -0.385 e. The Hall–Kier alpha value is -1.52. The molecule has 0 aliphatic rings. The van der Waals surface area contributed by atoms with Gasteiger partial charge in [-0.3, -0.25) is 0 Å². The van der Waals surface area contributed by atoms with Crippen LogP contribution < -0.4 is 0 Å². The van der Waals surface area contributed by atoms with E-state index in [1.807, 2.05) is 0 Å². The number of aliphatic hydroxyl groups is 1. The van der Waals surface area contributed by atoms with Crippen molar-refractivity contribution in [1.29, 1.82) is 0 Å². The van der Waals surface area contributed by atoms with Crippen molar-refractivity contribution in [2.45, 2.75) is 18.9 Å². The predicted molar refractivity (Wildman–Crippen MR) is 71.0 cm³/mol.